The van der Waals surface area contributed by atoms with Gasteiger partial charge in [0.1, 0.15) is 0 Å². The van der Waals surface area contributed by atoms with Gasteiger partial charge in [0.05, 0.1) is 10.6 Å². The van der Waals surface area contributed by atoms with Gasteiger partial charge in [-0.3, -0.25) is 9.69 Å². The highest BCUT2D eigenvalue weighted by Crippen LogP contribution is 2.29. The number of amides is 1. The molecule has 0 spiro atoms. The summed E-state index contributed by atoms with van der Waals surface area (Å²) < 4.78 is 25.6. The van der Waals surface area contributed by atoms with Gasteiger partial charge in [0.2, 0.25) is 10.0 Å². The van der Waals surface area contributed by atoms with Gasteiger partial charge in [-0.05, 0) is 36.4 Å². The number of hydrogen-bond donors (Lipinski definition) is 0. The first-order valence-electron chi connectivity index (χ1n) is 8.91. The molecule has 0 N–H and O–H groups in total. The molecule has 1 heterocycles. The van der Waals surface area contributed by atoms with E-state index < -0.39 is 10.0 Å². The Morgan fingerprint density at radius 1 is 1.13 bits per heavy atom. The predicted molar refractivity (Wildman–Crippen MR) is 122 cm³/mol. The van der Waals surface area contributed by atoms with Gasteiger partial charge in [0, 0.05) is 42.2 Å². The molecule has 0 saturated heterocycles. The Labute approximate surface area is 185 Å². The number of nitrogens with zero attached hydrogens (tertiary/aromatic N) is 3. The second-order valence-electron chi connectivity index (χ2n) is 6.54. The first-order valence-corrected chi connectivity index (χ1v) is 11.6. The van der Waals surface area contributed by atoms with E-state index in [4.69, 9.17) is 11.6 Å². The summed E-state index contributed by atoms with van der Waals surface area (Å²) >= 11 is 7.28. The molecule has 0 aliphatic heterocycles. The zero-order valence-electron chi connectivity index (χ0n) is 16.4. The Kier molecular flexibility index (Phi) is 6.72. The van der Waals surface area contributed by atoms with Crippen molar-refractivity contribution in [3.8, 4) is 11.3 Å². The van der Waals surface area contributed by atoms with Crippen molar-refractivity contribution in [3.05, 3.63) is 77.2 Å². The van der Waals surface area contributed by atoms with Gasteiger partial charge in [-0.25, -0.2) is 17.7 Å². The molecule has 0 atom stereocenters. The Bertz CT molecular complexity index is 1150. The SMILES string of the molecule is C=CCN(C(=O)c1ccc(S(=O)(=O)N(C)C)cc1)c1nc(-c2ccc(Cl)cc2)cs1. The third-order valence-corrected chi connectivity index (χ3v) is 7.24. The Hall–Kier alpha value is -2.52. The normalized spacial score (nSPS) is 11.5. The number of sulfonamides is 1. The maximum absolute atomic E-state index is 13.1. The Morgan fingerprint density at radius 3 is 2.33 bits per heavy atom. The molecule has 0 fully saturated rings. The van der Waals surface area contributed by atoms with Crippen molar-refractivity contribution >= 4 is 44.0 Å². The third-order valence-electron chi connectivity index (χ3n) is 4.30. The molecule has 0 unspecified atom stereocenters. The lowest BCUT2D eigenvalue weighted by atomic mass is 10.2. The van der Waals surface area contributed by atoms with Crippen molar-refractivity contribution < 1.29 is 13.2 Å². The van der Waals surface area contributed by atoms with Crippen LogP contribution in [-0.2, 0) is 10.0 Å². The van der Waals surface area contributed by atoms with Crippen LogP contribution < -0.4 is 4.90 Å². The van der Waals surface area contributed by atoms with Crippen LogP contribution in [0.5, 0.6) is 0 Å². The standard InChI is InChI=1S/C21H20ClN3O3S2/c1-4-13-25(21-23-19(14-29-21)15-5-9-17(22)10-6-15)20(26)16-7-11-18(12-8-16)30(27,28)24(2)3/h4-12,14H,1,13H2,2-3H3. The summed E-state index contributed by atoms with van der Waals surface area (Å²) in [5.41, 5.74) is 1.99. The smallest absolute Gasteiger partial charge is 0.260 e. The van der Waals surface area contributed by atoms with Gasteiger partial charge >= 0.3 is 0 Å². The van der Waals surface area contributed by atoms with Crippen LogP contribution in [0.3, 0.4) is 0 Å². The summed E-state index contributed by atoms with van der Waals surface area (Å²) in [5.74, 6) is -0.291. The zero-order chi connectivity index (χ0) is 21.9. The number of carbonyl (C=O) groups is 1. The fourth-order valence-corrected chi connectivity index (χ4v) is 4.52. The highest BCUT2D eigenvalue weighted by atomic mass is 35.5. The maximum atomic E-state index is 13.1. The van der Waals surface area contributed by atoms with Crippen molar-refractivity contribution in [3.63, 3.8) is 0 Å². The quantitative estimate of drug-likeness (QED) is 0.484. The average Bonchev–Trinajstić information content (AvgIpc) is 3.22. The fourth-order valence-electron chi connectivity index (χ4n) is 2.65. The van der Waals surface area contributed by atoms with Crippen LogP contribution in [0.25, 0.3) is 11.3 Å². The van der Waals surface area contributed by atoms with Crippen molar-refractivity contribution in [2.75, 3.05) is 25.5 Å². The molecule has 2 aromatic carbocycles. The minimum Gasteiger partial charge on any atom is -0.280 e. The summed E-state index contributed by atoms with van der Waals surface area (Å²) in [6.07, 6.45) is 1.62. The largest absolute Gasteiger partial charge is 0.280 e. The van der Waals surface area contributed by atoms with Crippen LogP contribution in [0.4, 0.5) is 5.13 Å². The molecular weight excluding hydrogens is 442 g/mol. The first-order chi connectivity index (χ1) is 14.2. The fraction of sp³-hybridized carbons (Fsp3) is 0.143. The van der Waals surface area contributed by atoms with Crippen LogP contribution in [0, 0.1) is 0 Å². The van der Waals surface area contributed by atoms with E-state index in [2.05, 4.69) is 11.6 Å². The molecule has 3 aromatic rings. The minimum atomic E-state index is -3.56. The molecule has 0 radical (unpaired) electrons. The van der Waals surface area contributed by atoms with Crippen molar-refractivity contribution in [2.24, 2.45) is 0 Å². The average molecular weight is 462 g/mol. The van der Waals surface area contributed by atoms with E-state index >= 15 is 0 Å². The van der Waals surface area contributed by atoms with E-state index in [-0.39, 0.29) is 17.3 Å². The van der Waals surface area contributed by atoms with Gasteiger partial charge in [-0.2, -0.15) is 0 Å². The van der Waals surface area contributed by atoms with Gasteiger partial charge < -0.3 is 0 Å². The van der Waals surface area contributed by atoms with Crippen LogP contribution in [-0.4, -0.2) is 44.3 Å². The van der Waals surface area contributed by atoms with Crippen LogP contribution >= 0.6 is 22.9 Å². The third kappa shape index (κ3) is 4.62. The molecule has 1 aromatic heterocycles. The lowest BCUT2D eigenvalue weighted by Crippen LogP contribution is -2.31. The number of aromatic nitrogens is 1. The number of halogens is 1. The highest BCUT2D eigenvalue weighted by Gasteiger charge is 2.22. The molecule has 6 nitrogen and oxygen atoms in total. The summed E-state index contributed by atoms with van der Waals surface area (Å²) in [6.45, 7) is 3.99. The molecular formula is C21H20ClN3O3S2. The predicted octanol–water partition coefficient (Wildman–Crippen LogP) is 4.55. The van der Waals surface area contributed by atoms with E-state index in [1.165, 1.54) is 54.6 Å². The van der Waals surface area contributed by atoms with E-state index in [9.17, 15) is 13.2 Å². The zero-order valence-corrected chi connectivity index (χ0v) is 18.8. The molecule has 156 valence electrons. The minimum absolute atomic E-state index is 0.124. The van der Waals surface area contributed by atoms with Gasteiger partial charge in [-0.15, -0.1) is 17.9 Å². The number of hydrogen-bond acceptors (Lipinski definition) is 5. The molecule has 1 amide bonds. The van der Waals surface area contributed by atoms with Crippen LogP contribution in [0.2, 0.25) is 5.02 Å². The summed E-state index contributed by atoms with van der Waals surface area (Å²) in [7, 11) is -0.641. The molecule has 9 heteroatoms. The van der Waals surface area contributed by atoms with Gasteiger partial charge in [0.15, 0.2) is 5.13 Å². The molecule has 30 heavy (non-hydrogen) atoms. The second-order valence-corrected chi connectivity index (χ2v) is 9.96. The Balaban J connectivity index is 1.89. The molecule has 0 aliphatic carbocycles. The number of carbonyl (C=O) groups excluding carboxylic acids is 1. The van der Waals surface area contributed by atoms with Crippen LogP contribution in [0.15, 0.2) is 71.5 Å². The van der Waals surface area contributed by atoms with E-state index in [0.29, 0.717) is 15.7 Å². The van der Waals surface area contributed by atoms with E-state index in [1.807, 2.05) is 17.5 Å². The van der Waals surface area contributed by atoms with Crippen molar-refractivity contribution in [1.29, 1.82) is 0 Å². The monoisotopic (exact) mass is 461 g/mol. The second kappa shape index (κ2) is 9.09. The number of anilines is 1. The molecule has 0 bridgehead atoms. The first kappa shape index (κ1) is 22.2. The van der Waals surface area contributed by atoms with E-state index in [0.717, 1.165) is 15.6 Å². The molecule has 3 rings (SSSR count). The number of rotatable bonds is 7. The lowest BCUT2D eigenvalue weighted by molar-refractivity contribution is 0.0989. The topological polar surface area (TPSA) is 70.6 Å². The van der Waals surface area contributed by atoms with Crippen LogP contribution in [0.1, 0.15) is 10.4 Å². The highest BCUT2D eigenvalue weighted by molar-refractivity contribution is 7.89. The van der Waals surface area contributed by atoms with E-state index in [1.54, 1.807) is 18.2 Å². The lowest BCUT2D eigenvalue weighted by Gasteiger charge is -2.18. The summed E-state index contributed by atoms with van der Waals surface area (Å²) in [5, 5.41) is 3.03. The van der Waals surface area contributed by atoms with Gasteiger partial charge in [0.25, 0.3) is 5.91 Å². The summed E-state index contributed by atoms with van der Waals surface area (Å²) in [6, 6.07) is 13.2. The molecule has 0 aliphatic rings. The Morgan fingerprint density at radius 2 is 1.77 bits per heavy atom. The molecule has 0 saturated carbocycles. The van der Waals surface area contributed by atoms with Crippen molar-refractivity contribution in [1.82, 2.24) is 9.29 Å². The summed E-state index contributed by atoms with van der Waals surface area (Å²) in [4.78, 5) is 19.3. The van der Waals surface area contributed by atoms with Gasteiger partial charge in [-0.1, -0.05) is 29.8 Å². The number of thiazole rings is 1. The number of benzene rings is 2. The van der Waals surface area contributed by atoms with Crippen molar-refractivity contribution in [2.45, 2.75) is 4.90 Å². The maximum Gasteiger partial charge on any atom is 0.260 e.